The van der Waals surface area contributed by atoms with Gasteiger partial charge in [-0.05, 0) is 46.1 Å². The van der Waals surface area contributed by atoms with E-state index in [-0.39, 0.29) is 17.5 Å². The van der Waals surface area contributed by atoms with E-state index in [1.807, 2.05) is 20.2 Å². The molecule has 0 bridgehead atoms. The van der Waals surface area contributed by atoms with Crippen LogP contribution >= 0.6 is 0 Å². The van der Waals surface area contributed by atoms with Crippen LogP contribution in [0.2, 0.25) is 0 Å². The molecule has 1 aliphatic heterocycles. The summed E-state index contributed by atoms with van der Waals surface area (Å²) in [5.74, 6) is 1.04. The molecular weight excluding hydrogens is 388 g/mol. The van der Waals surface area contributed by atoms with E-state index in [4.69, 9.17) is 4.99 Å². The van der Waals surface area contributed by atoms with Gasteiger partial charge in [0.05, 0.1) is 13.1 Å². The van der Waals surface area contributed by atoms with Crippen molar-refractivity contribution >= 4 is 11.9 Å². The van der Waals surface area contributed by atoms with Crippen molar-refractivity contribution in [1.29, 1.82) is 0 Å². The third-order valence-electron chi connectivity index (χ3n) is 5.67. The fourth-order valence-corrected chi connectivity index (χ4v) is 3.81. The van der Waals surface area contributed by atoms with Gasteiger partial charge in [0.1, 0.15) is 0 Å². The Morgan fingerprint density at radius 1 is 1.23 bits per heavy atom. The average molecular weight is 431 g/mol. The molecule has 1 saturated heterocycles. The smallest absolute Gasteiger partial charge is 0.236 e. The third-order valence-corrected chi connectivity index (χ3v) is 5.67. The number of rotatable bonds is 9. The van der Waals surface area contributed by atoms with Gasteiger partial charge in [-0.1, -0.05) is 30.3 Å². The highest BCUT2D eigenvalue weighted by Gasteiger charge is 2.23. The van der Waals surface area contributed by atoms with Crippen molar-refractivity contribution in [3.05, 3.63) is 35.9 Å². The molecule has 3 N–H and O–H groups in total. The Morgan fingerprint density at radius 3 is 2.45 bits per heavy atom. The van der Waals surface area contributed by atoms with Crippen LogP contribution in [-0.2, 0) is 4.79 Å². The molecule has 2 rings (SSSR count). The fraction of sp³-hybridized carbons (Fsp3) is 0.667. The number of carbonyl (C=O) groups excluding carboxylic acids is 1. The number of likely N-dealkylation sites (N-methyl/N-ethyl adjacent to an activating group) is 1. The van der Waals surface area contributed by atoms with E-state index in [0.717, 1.165) is 38.4 Å². The molecular formula is C24H42N6O. The Balaban J connectivity index is 1.86. The molecule has 0 radical (unpaired) electrons. The summed E-state index contributed by atoms with van der Waals surface area (Å²) in [5.41, 5.74) is 1.15. The second-order valence-electron chi connectivity index (χ2n) is 9.34. The molecule has 7 nitrogen and oxygen atoms in total. The highest BCUT2D eigenvalue weighted by Crippen LogP contribution is 2.16. The quantitative estimate of drug-likeness (QED) is 0.414. The van der Waals surface area contributed by atoms with Crippen LogP contribution in [0.1, 0.15) is 52.1 Å². The summed E-state index contributed by atoms with van der Waals surface area (Å²) in [6, 6.07) is 11.1. The highest BCUT2D eigenvalue weighted by molar-refractivity contribution is 5.80. The number of aliphatic imine (C=N–C) groups is 1. The van der Waals surface area contributed by atoms with Crippen LogP contribution in [0.5, 0.6) is 0 Å². The summed E-state index contributed by atoms with van der Waals surface area (Å²) in [4.78, 5) is 20.7. The minimum Gasteiger partial charge on any atom is -0.357 e. The van der Waals surface area contributed by atoms with Crippen molar-refractivity contribution in [2.75, 3.05) is 46.8 Å². The molecule has 0 saturated carbocycles. The Hall–Kier alpha value is -2.12. The first-order chi connectivity index (χ1) is 14.7. The van der Waals surface area contributed by atoms with Crippen LogP contribution in [-0.4, -0.2) is 80.1 Å². The molecule has 0 spiro atoms. The van der Waals surface area contributed by atoms with Crippen molar-refractivity contribution in [2.24, 2.45) is 4.99 Å². The fourth-order valence-electron chi connectivity index (χ4n) is 3.81. The number of nitrogens with one attached hydrogen (secondary N) is 3. The molecule has 1 amide bonds. The molecule has 0 aromatic heterocycles. The van der Waals surface area contributed by atoms with E-state index in [1.165, 1.54) is 5.56 Å². The van der Waals surface area contributed by atoms with Gasteiger partial charge in [0.25, 0.3) is 0 Å². The Bertz CT molecular complexity index is 695. The summed E-state index contributed by atoms with van der Waals surface area (Å²) in [5, 5.41) is 10.7. The highest BCUT2D eigenvalue weighted by atomic mass is 16.2. The van der Waals surface area contributed by atoms with E-state index in [9.17, 15) is 4.79 Å². The maximum atomic E-state index is 11.9. The van der Waals surface area contributed by atoms with E-state index >= 15 is 0 Å². The van der Waals surface area contributed by atoms with Crippen LogP contribution < -0.4 is 16.0 Å². The largest absolute Gasteiger partial charge is 0.357 e. The van der Waals surface area contributed by atoms with Gasteiger partial charge < -0.3 is 20.9 Å². The second kappa shape index (κ2) is 12.1. The van der Waals surface area contributed by atoms with Crippen LogP contribution in [0, 0.1) is 0 Å². The lowest BCUT2D eigenvalue weighted by molar-refractivity contribution is -0.130. The number of nitrogens with zero attached hydrogens (tertiary/aromatic N) is 3. The van der Waals surface area contributed by atoms with Gasteiger partial charge in [0.2, 0.25) is 5.91 Å². The first-order valence-electron chi connectivity index (χ1n) is 11.5. The molecule has 1 aromatic rings. The van der Waals surface area contributed by atoms with Crippen molar-refractivity contribution < 1.29 is 4.79 Å². The zero-order valence-electron chi connectivity index (χ0n) is 20.2. The molecule has 1 atom stereocenters. The van der Waals surface area contributed by atoms with Crippen LogP contribution in [0.15, 0.2) is 35.3 Å². The lowest BCUT2D eigenvalue weighted by Gasteiger charge is -2.33. The maximum absolute atomic E-state index is 11.9. The molecule has 0 aliphatic carbocycles. The topological polar surface area (TPSA) is 72.0 Å². The molecule has 1 heterocycles. The Kier molecular flexibility index (Phi) is 9.78. The van der Waals surface area contributed by atoms with Crippen molar-refractivity contribution in [1.82, 2.24) is 25.8 Å². The van der Waals surface area contributed by atoms with Crippen LogP contribution in [0.4, 0.5) is 0 Å². The Labute approximate surface area is 188 Å². The van der Waals surface area contributed by atoms with E-state index in [2.05, 4.69) is 72.8 Å². The lowest BCUT2D eigenvalue weighted by atomic mass is 10.0. The van der Waals surface area contributed by atoms with Crippen molar-refractivity contribution in [3.8, 4) is 0 Å². The SMILES string of the molecule is CCNC(=NCC(C)(C)NC(C)c1ccccc1)NC1CCN(CC(=O)N(C)C)CC1. The number of amides is 1. The molecule has 1 aromatic carbocycles. The number of benzene rings is 1. The molecule has 174 valence electrons. The number of piperidine rings is 1. The van der Waals surface area contributed by atoms with Gasteiger partial charge in [-0.25, -0.2) is 0 Å². The number of carbonyl (C=O) groups is 1. The number of hydrogen-bond acceptors (Lipinski definition) is 4. The number of guanidine groups is 1. The van der Waals surface area contributed by atoms with Gasteiger partial charge in [-0.3, -0.25) is 14.7 Å². The van der Waals surface area contributed by atoms with E-state index in [0.29, 0.717) is 19.1 Å². The second-order valence-corrected chi connectivity index (χ2v) is 9.34. The normalized spacial score (nSPS) is 17.3. The Morgan fingerprint density at radius 2 is 1.87 bits per heavy atom. The van der Waals surface area contributed by atoms with Gasteiger partial charge in [-0.15, -0.1) is 0 Å². The van der Waals surface area contributed by atoms with Crippen molar-refractivity contribution in [2.45, 2.75) is 58.2 Å². The predicted octanol–water partition coefficient (Wildman–Crippen LogP) is 2.22. The van der Waals surface area contributed by atoms with Crippen molar-refractivity contribution in [3.63, 3.8) is 0 Å². The minimum absolute atomic E-state index is 0.131. The maximum Gasteiger partial charge on any atom is 0.236 e. The molecule has 1 fully saturated rings. The van der Waals surface area contributed by atoms with Crippen LogP contribution in [0.25, 0.3) is 0 Å². The average Bonchev–Trinajstić information content (AvgIpc) is 2.74. The van der Waals surface area contributed by atoms with Gasteiger partial charge in [-0.2, -0.15) is 0 Å². The number of hydrogen-bond donors (Lipinski definition) is 3. The monoisotopic (exact) mass is 430 g/mol. The van der Waals surface area contributed by atoms with E-state index < -0.39 is 0 Å². The molecule has 31 heavy (non-hydrogen) atoms. The first kappa shape index (κ1) is 25.1. The molecule has 7 heteroatoms. The van der Waals surface area contributed by atoms with E-state index in [1.54, 1.807) is 4.90 Å². The molecule has 1 aliphatic rings. The first-order valence-corrected chi connectivity index (χ1v) is 11.5. The summed E-state index contributed by atoms with van der Waals surface area (Å²) in [6.45, 7) is 12.5. The lowest BCUT2D eigenvalue weighted by Crippen LogP contribution is -2.51. The van der Waals surface area contributed by atoms with Gasteiger partial charge >= 0.3 is 0 Å². The zero-order chi connectivity index (χ0) is 22.9. The van der Waals surface area contributed by atoms with Crippen LogP contribution in [0.3, 0.4) is 0 Å². The standard InChI is InChI=1S/C24H42N6O/c1-7-25-23(27-21-13-15-30(16-14-21)17-22(31)29(5)6)26-18-24(3,4)28-19(2)20-11-9-8-10-12-20/h8-12,19,21,28H,7,13-18H2,1-6H3,(H2,25,26,27). The minimum atomic E-state index is -0.131. The number of likely N-dealkylation sites (tertiary alicyclic amines) is 1. The summed E-state index contributed by atoms with van der Waals surface area (Å²) in [6.07, 6.45) is 2.02. The van der Waals surface area contributed by atoms with Gasteiger partial charge in [0, 0.05) is 51.4 Å². The van der Waals surface area contributed by atoms with Gasteiger partial charge in [0.15, 0.2) is 5.96 Å². The zero-order valence-corrected chi connectivity index (χ0v) is 20.2. The summed E-state index contributed by atoms with van der Waals surface area (Å²) in [7, 11) is 3.62. The summed E-state index contributed by atoms with van der Waals surface area (Å²) >= 11 is 0. The predicted molar refractivity (Wildman–Crippen MR) is 129 cm³/mol. The molecule has 1 unspecified atom stereocenters. The summed E-state index contributed by atoms with van der Waals surface area (Å²) < 4.78 is 0. The third kappa shape index (κ3) is 8.87.